The first-order chi connectivity index (χ1) is 12.9. The highest BCUT2D eigenvalue weighted by Crippen LogP contribution is 2.25. The number of aromatic nitrogens is 3. The topological polar surface area (TPSA) is 93.6 Å². The number of hydrogen-bond donors (Lipinski definition) is 1. The van der Waals surface area contributed by atoms with E-state index in [0.717, 1.165) is 6.42 Å². The van der Waals surface area contributed by atoms with E-state index < -0.39 is 5.91 Å². The summed E-state index contributed by atoms with van der Waals surface area (Å²) in [5, 5.41) is 4.15. The van der Waals surface area contributed by atoms with E-state index in [4.69, 9.17) is 5.73 Å². The van der Waals surface area contributed by atoms with Crippen molar-refractivity contribution in [2.24, 2.45) is 5.73 Å². The lowest BCUT2D eigenvalue weighted by Gasteiger charge is -2.29. The van der Waals surface area contributed by atoms with Gasteiger partial charge in [0, 0.05) is 25.5 Å². The van der Waals surface area contributed by atoms with Crippen molar-refractivity contribution in [1.82, 2.24) is 19.5 Å². The fourth-order valence-corrected chi connectivity index (χ4v) is 3.43. The summed E-state index contributed by atoms with van der Waals surface area (Å²) in [6.07, 6.45) is 5.18. The lowest BCUT2D eigenvalue weighted by atomic mass is 9.93. The molecule has 7 heteroatoms. The molecule has 4 rings (SSSR count). The lowest BCUT2D eigenvalue weighted by molar-refractivity contribution is 0.0736. The Morgan fingerprint density at radius 2 is 2.00 bits per heavy atom. The van der Waals surface area contributed by atoms with Crippen molar-refractivity contribution in [2.75, 3.05) is 6.54 Å². The summed E-state index contributed by atoms with van der Waals surface area (Å²) in [5.41, 5.74) is 10.2. The molecule has 0 aliphatic carbocycles. The zero-order chi connectivity index (χ0) is 19.1. The third-order valence-corrected chi connectivity index (χ3v) is 5.07. The Balaban J connectivity index is 1.60. The maximum absolute atomic E-state index is 13.0. The Morgan fingerprint density at radius 1 is 1.19 bits per heavy atom. The van der Waals surface area contributed by atoms with Gasteiger partial charge in [-0.05, 0) is 29.0 Å². The van der Waals surface area contributed by atoms with E-state index in [1.165, 1.54) is 39.8 Å². The molecule has 3 aromatic rings. The number of amides is 2. The van der Waals surface area contributed by atoms with Crippen molar-refractivity contribution in [3.8, 4) is 0 Å². The van der Waals surface area contributed by atoms with Crippen molar-refractivity contribution in [3.05, 3.63) is 64.6 Å². The van der Waals surface area contributed by atoms with E-state index in [-0.39, 0.29) is 11.5 Å². The molecule has 1 aliphatic rings. The highest BCUT2D eigenvalue weighted by molar-refractivity contribution is 6.00. The molecule has 0 saturated heterocycles. The number of primary amides is 1. The minimum Gasteiger partial charge on any atom is -0.366 e. The van der Waals surface area contributed by atoms with Crippen LogP contribution >= 0.6 is 0 Å². The lowest BCUT2D eigenvalue weighted by Crippen LogP contribution is -2.36. The zero-order valence-electron chi connectivity index (χ0n) is 15.3. The fourth-order valence-electron chi connectivity index (χ4n) is 3.43. The number of benzene rings is 1. The summed E-state index contributed by atoms with van der Waals surface area (Å²) in [5.74, 6) is -0.200. The van der Waals surface area contributed by atoms with Gasteiger partial charge in [-0.1, -0.05) is 32.0 Å². The van der Waals surface area contributed by atoms with Crippen molar-refractivity contribution in [3.63, 3.8) is 0 Å². The van der Waals surface area contributed by atoms with E-state index in [0.29, 0.717) is 30.2 Å². The molecule has 3 heterocycles. The van der Waals surface area contributed by atoms with Crippen LogP contribution < -0.4 is 5.73 Å². The van der Waals surface area contributed by atoms with E-state index in [1.807, 2.05) is 4.90 Å². The van der Waals surface area contributed by atoms with Crippen molar-refractivity contribution in [2.45, 2.75) is 32.7 Å². The second-order valence-electron chi connectivity index (χ2n) is 7.19. The fraction of sp³-hybridized carbons (Fsp3) is 0.300. The molecule has 0 saturated carbocycles. The smallest absolute Gasteiger partial charge is 0.259 e. The second-order valence-corrected chi connectivity index (χ2v) is 7.19. The first kappa shape index (κ1) is 17.2. The third kappa shape index (κ3) is 3.05. The molecule has 138 valence electrons. The van der Waals surface area contributed by atoms with E-state index >= 15 is 0 Å². The van der Waals surface area contributed by atoms with Crippen LogP contribution in [0.15, 0.2) is 36.8 Å². The molecule has 0 fully saturated rings. The highest BCUT2D eigenvalue weighted by atomic mass is 16.2. The van der Waals surface area contributed by atoms with Gasteiger partial charge in [0.2, 0.25) is 0 Å². The molecule has 27 heavy (non-hydrogen) atoms. The minimum atomic E-state index is -0.582. The molecule has 1 aliphatic heterocycles. The first-order valence-electron chi connectivity index (χ1n) is 8.98. The summed E-state index contributed by atoms with van der Waals surface area (Å²) in [4.78, 5) is 30.3. The van der Waals surface area contributed by atoms with Crippen LogP contribution in [0.5, 0.6) is 0 Å². The SMILES string of the molecule is CC(C)c1ccc2c(c1)CCN(C(=O)c1cnn3cc(C(N)=O)cnc13)C2. The summed E-state index contributed by atoms with van der Waals surface area (Å²) in [6, 6.07) is 6.52. The van der Waals surface area contributed by atoms with Gasteiger partial charge in [-0.3, -0.25) is 9.59 Å². The Kier molecular flexibility index (Phi) is 4.14. The van der Waals surface area contributed by atoms with Gasteiger partial charge in [0.05, 0.1) is 11.8 Å². The average Bonchev–Trinajstić information content (AvgIpc) is 3.09. The van der Waals surface area contributed by atoms with Crippen LogP contribution in [0.25, 0.3) is 5.65 Å². The third-order valence-electron chi connectivity index (χ3n) is 5.07. The summed E-state index contributed by atoms with van der Waals surface area (Å²) >= 11 is 0. The largest absolute Gasteiger partial charge is 0.366 e. The first-order valence-corrected chi connectivity index (χ1v) is 8.98. The minimum absolute atomic E-state index is 0.108. The van der Waals surface area contributed by atoms with Gasteiger partial charge in [0.25, 0.3) is 11.8 Å². The Labute approximate surface area is 156 Å². The molecule has 2 amide bonds. The number of carbonyl (C=O) groups is 2. The maximum Gasteiger partial charge on any atom is 0.259 e. The molecule has 0 unspecified atom stereocenters. The number of carbonyl (C=O) groups excluding carboxylic acids is 2. The molecule has 0 atom stereocenters. The number of hydrogen-bond acceptors (Lipinski definition) is 4. The number of nitrogens with two attached hydrogens (primary N) is 1. The van der Waals surface area contributed by atoms with Crippen molar-refractivity contribution >= 4 is 17.5 Å². The zero-order valence-corrected chi connectivity index (χ0v) is 15.3. The van der Waals surface area contributed by atoms with Crippen molar-refractivity contribution < 1.29 is 9.59 Å². The molecular formula is C20H21N5O2. The van der Waals surface area contributed by atoms with Crippen LogP contribution in [0, 0.1) is 0 Å². The molecule has 0 bridgehead atoms. The summed E-state index contributed by atoms with van der Waals surface area (Å²) in [6.45, 7) is 5.59. The summed E-state index contributed by atoms with van der Waals surface area (Å²) < 4.78 is 1.42. The molecule has 2 aromatic heterocycles. The van der Waals surface area contributed by atoms with Crippen molar-refractivity contribution in [1.29, 1.82) is 0 Å². The van der Waals surface area contributed by atoms with E-state index in [1.54, 1.807) is 0 Å². The Bertz CT molecular complexity index is 1050. The molecule has 2 N–H and O–H groups in total. The molecule has 0 radical (unpaired) electrons. The second kappa shape index (κ2) is 6.50. The van der Waals surface area contributed by atoms with Gasteiger partial charge >= 0.3 is 0 Å². The van der Waals surface area contributed by atoms with Crippen LogP contribution in [0.3, 0.4) is 0 Å². The maximum atomic E-state index is 13.0. The van der Waals surface area contributed by atoms with Gasteiger partial charge in [-0.2, -0.15) is 5.10 Å². The standard InChI is InChI=1S/C20H21N5O2/c1-12(2)13-3-4-15-10-24(6-5-14(15)7-13)20(27)17-9-23-25-11-16(18(21)26)8-22-19(17)25/h3-4,7-9,11-12H,5-6,10H2,1-2H3,(H2,21,26). The van der Waals surface area contributed by atoms with Gasteiger partial charge in [0.1, 0.15) is 5.56 Å². The summed E-state index contributed by atoms with van der Waals surface area (Å²) in [7, 11) is 0. The number of rotatable bonds is 3. The normalized spacial score (nSPS) is 13.8. The predicted molar refractivity (Wildman–Crippen MR) is 100 cm³/mol. The van der Waals surface area contributed by atoms with Crippen LogP contribution in [0.4, 0.5) is 0 Å². The molecular weight excluding hydrogens is 342 g/mol. The predicted octanol–water partition coefficient (Wildman–Crippen LogP) is 2.15. The van der Waals surface area contributed by atoms with Gasteiger partial charge in [-0.15, -0.1) is 0 Å². The Hall–Kier alpha value is -3.22. The van der Waals surface area contributed by atoms with Gasteiger partial charge < -0.3 is 10.6 Å². The Morgan fingerprint density at radius 3 is 2.74 bits per heavy atom. The van der Waals surface area contributed by atoms with Crippen LogP contribution in [0.1, 0.15) is 57.2 Å². The molecule has 1 aromatic carbocycles. The average molecular weight is 363 g/mol. The van der Waals surface area contributed by atoms with Gasteiger partial charge in [-0.25, -0.2) is 9.50 Å². The number of fused-ring (bicyclic) bond motifs is 2. The molecule has 7 nitrogen and oxygen atoms in total. The van der Waals surface area contributed by atoms with Crippen LogP contribution in [-0.4, -0.2) is 37.9 Å². The van der Waals surface area contributed by atoms with E-state index in [2.05, 4.69) is 42.1 Å². The van der Waals surface area contributed by atoms with E-state index in [9.17, 15) is 9.59 Å². The molecule has 0 spiro atoms. The number of nitrogens with zero attached hydrogens (tertiary/aromatic N) is 4. The highest BCUT2D eigenvalue weighted by Gasteiger charge is 2.25. The van der Waals surface area contributed by atoms with Crippen LogP contribution in [0.2, 0.25) is 0 Å². The van der Waals surface area contributed by atoms with Gasteiger partial charge in [0.15, 0.2) is 5.65 Å². The van der Waals surface area contributed by atoms with Crippen LogP contribution in [-0.2, 0) is 13.0 Å². The quantitative estimate of drug-likeness (QED) is 0.771. The monoisotopic (exact) mass is 363 g/mol.